The summed E-state index contributed by atoms with van der Waals surface area (Å²) >= 11 is 5.93. The van der Waals surface area contributed by atoms with Gasteiger partial charge in [0.25, 0.3) is 0 Å². The fraction of sp³-hybridized carbons (Fsp3) is 0.0556. The van der Waals surface area contributed by atoms with Crippen LogP contribution in [-0.4, -0.2) is 10.1 Å². The molecule has 0 aliphatic rings. The van der Waals surface area contributed by atoms with E-state index in [2.05, 4.69) is 4.98 Å². The first-order chi connectivity index (χ1) is 11.1. The van der Waals surface area contributed by atoms with Gasteiger partial charge in [0.2, 0.25) is 0 Å². The van der Waals surface area contributed by atoms with E-state index < -0.39 is 5.63 Å². The first-order valence-corrected chi connectivity index (χ1v) is 7.30. The molecular weight excluding hydrogens is 314 g/mol. The lowest BCUT2D eigenvalue weighted by Gasteiger charge is -1.97. The maximum Gasteiger partial charge on any atom is 0.342 e. The smallest absolute Gasteiger partial charge is 0.342 e. The molecule has 0 saturated heterocycles. The van der Waals surface area contributed by atoms with E-state index in [9.17, 15) is 9.90 Å². The third-order valence-corrected chi connectivity index (χ3v) is 3.31. The van der Waals surface area contributed by atoms with E-state index >= 15 is 0 Å². The zero-order valence-electron chi connectivity index (χ0n) is 12.5. The van der Waals surface area contributed by atoms with Gasteiger partial charge in [-0.25, -0.2) is 4.79 Å². The first-order valence-electron chi connectivity index (χ1n) is 6.92. The zero-order chi connectivity index (χ0) is 16.7. The molecule has 118 valence electrons. The standard InChI is InChI=1S/C18H16ClNO3/c1-13-17(21)12-14(23-18(13)22)8-6-4-2-3-5-7-9-16-15(19)10-11-20-16/h2-12,20-21H,1H3/b4-2+,5-3+,8-6+,9-7+. The molecular formula is C18H16ClNO3. The Labute approximate surface area is 138 Å². The maximum absolute atomic E-state index is 11.4. The molecule has 0 atom stereocenters. The Bertz CT molecular complexity index is 838. The quantitative estimate of drug-likeness (QED) is 0.795. The van der Waals surface area contributed by atoms with Crippen LogP contribution in [0, 0.1) is 6.92 Å². The van der Waals surface area contributed by atoms with E-state index in [0.717, 1.165) is 5.69 Å². The van der Waals surface area contributed by atoms with E-state index in [1.807, 2.05) is 30.4 Å². The van der Waals surface area contributed by atoms with Crippen molar-refractivity contribution >= 4 is 23.8 Å². The van der Waals surface area contributed by atoms with Crippen LogP contribution < -0.4 is 5.63 Å². The van der Waals surface area contributed by atoms with Crippen molar-refractivity contribution in [1.82, 2.24) is 4.98 Å². The number of H-pyrrole nitrogens is 1. The molecule has 2 aromatic rings. The summed E-state index contributed by atoms with van der Waals surface area (Å²) in [7, 11) is 0. The van der Waals surface area contributed by atoms with Crippen LogP contribution in [0.5, 0.6) is 5.75 Å². The fourth-order valence-corrected chi connectivity index (χ4v) is 1.87. The van der Waals surface area contributed by atoms with Gasteiger partial charge >= 0.3 is 5.63 Å². The summed E-state index contributed by atoms with van der Waals surface area (Å²) in [5.41, 5.74) is 0.519. The molecule has 2 N–H and O–H groups in total. The minimum atomic E-state index is -0.540. The Morgan fingerprint density at radius 3 is 2.39 bits per heavy atom. The van der Waals surface area contributed by atoms with E-state index in [1.165, 1.54) is 13.0 Å². The van der Waals surface area contributed by atoms with Gasteiger partial charge in [-0.3, -0.25) is 0 Å². The lowest BCUT2D eigenvalue weighted by Crippen LogP contribution is -2.03. The van der Waals surface area contributed by atoms with Crippen molar-refractivity contribution in [1.29, 1.82) is 0 Å². The number of nitrogens with one attached hydrogen (secondary N) is 1. The highest BCUT2D eigenvalue weighted by molar-refractivity contribution is 6.31. The summed E-state index contributed by atoms with van der Waals surface area (Å²) in [4.78, 5) is 14.4. The van der Waals surface area contributed by atoms with Crippen molar-refractivity contribution in [3.05, 3.63) is 87.2 Å². The molecule has 0 bridgehead atoms. The van der Waals surface area contributed by atoms with Gasteiger partial charge in [-0.05, 0) is 25.1 Å². The molecule has 0 saturated carbocycles. The van der Waals surface area contributed by atoms with Gasteiger partial charge in [0.1, 0.15) is 11.5 Å². The number of hydrogen-bond acceptors (Lipinski definition) is 3. The van der Waals surface area contributed by atoms with Crippen LogP contribution in [-0.2, 0) is 0 Å². The molecule has 0 spiro atoms. The fourth-order valence-electron chi connectivity index (χ4n) is 1.69. The van der Waals surface area contributed by atoms with Gasteiger partial charge in [0.15, 0.2) is 0 Å². The van der Waals surface area contributed by atoms with E-state index in [1.54, 1.807) is 30.5 Å². The largest absolute Gasteiger partial charge is 0.507 e. The van der Waals surface area contributed by atoms with Crippen molar-refractivity contribution in [2.75, 3.05) is 0 Å². The molecule has 0 aliphatic carbocycles. The monoisotopic (exact) mass is 329 g/mol. The van der Waals surface area contributed by atoms with Crippen molar-refractivity contribution in [3.8, 4) is 5.75 Å². The Hall–Kier alpha value is -2.72. The lowest BCUT2D eigenvalue weighted by molar-refractivity contribution is 0.436. The minimum absolute atomic E-state index is 0.0714. The maximum atomic E-state index is 11.4. The second-order valence-electron chi connectivity index (χ2n) is 4.67. The van der Waals surface area contributed by atoms with Gasteiger partial charge in [-0.2, -0.15) is 0 Å². The van der Waals surface area contributed by atoms with Crippen LogP contribution >= 0.6 is 11.6 Å². The highest BCUT2D eigenvalue weighted by atomic mass is 35.5. The summed E-state index contributed by atoms with van der Waals surface area (Å²) in [6.45, 7) is 1.51. The van der Waals surface area contributed by atoms with Crippen molar-refractivity contribution < 1.29 is 9.52 Å². The van der Waals surface area contributed by atoms with Crippen molar-refractivity contribution in [2.24, 2.45) is 0 Å². The van der Waals surface area contributed by atoms with Crippen LogP contribution in [0.2, 0.25) is 5.02 Å². The normalized spacial score (nSPS) is 12.4. The Morgan fingerprint density at radius 2 is 1.78 bits per heavy atom. The van der Waals surface area contributed by atoms with E-state index in [4.69, 9.17) is 16.0 Å². The molecule has 0 radical (unpaired) electrons. The van der Waals surface area contributed by atoms with E-state index in [-0.39, 0.29) is 11.3 Å². The third-order valence-electron chi connectivity index (χ3n) is 2.98. The highest BCUT2D eigenvalue weighted by Crippen LogP contribution is 2.15. The number of aromatic amines is 1. The molecule has 4 nitrogen and oxygen atoms in total. The summed E-state index contributed by atoms with van der Waals surface area (Å²) in [5, 5.41) is 10.2. The molecule has 2 heterocycles. The number of aromatic nitrogens is 1. The van der Waals surface area contributed by atoms with Gasteiger partial charge in [-0.15, -0.1) is 0 Å². The highest BCUT2D eigenvalue weighted by Gasteiger charge is 2.03. The number of rotatable bonds is 5. The topological polar surface area (TPSA) is 66.2 Å². The Balaban J connectivity index is 1.89. The molecule has 23 heavy (non-hydrogen) atoms. The van der Waals surface area contributed by atoms with Crippen LogP contribution in [0.1, 0.15) is 17.0 Å². The lowest BCUT2D eigenvalue weighted by atomic mass is 10.2. The van der Waals surface area contributed by atoms with Gasteiger partial charge in [0.05, 0.1) is 16.3 Å². The van der Waals surface area contributed by atoms with Crippen LogP contribution in [0.25, 0.3) is 12.2 Å². The summed E-state index contributed by atoms with van der Waals surface area (Å²) in [5.74, 6) is 0.228. The second kappa shape index (κ2) is 8.06. The predicted molar refractivity (Wildman–Crippen MR) is 93.5 cm³/mol. The molecule has 0 aliphatic heterocycles. The van der Waals surface area contributed by atoms with Crippen molar-refractivity contribution in [3.63, 3.8) is 0 Å². The average Bonchev–Trinajstić information content (AvgIpc) is 2.92. The predicted octanol–water partition coefficient (Wildman–Crippen LogP) is 4.47. The first kappa shape index (κ1) is 16.6. The molecule has 0 fully saturated rings. The van der Waals surface area contributed by atoms with E-state index in [0.29, 0.717) is 10.8 Å². The Morgan fingerprint density at radius 1 is 1.13 bits per heavy atom. The molecule has 5 heteroatoms. The number of aromatic hydroxyl groups is 1. The van der Waals surface area contributed by atoms with Crippen LogP contribution in [0.3, 0.4) is 0 Å². The summed E-state index contributed by atoms with van der Waals surface area (Å²) in [6.07, 6.45) is 16.1. The van der Waals surface area contributed by atoms with Gasteiger partial charge < -0.3 is 14.5 Å². The summed E-state index contributed by atoms with van der Waals surface area (Å²) < 4.78 is 5.01. The number of hydrogen-bond donors (Lipinski definition) is 2. The minimum Gasteiger partial charge on any atom is -0.507 e. The average molecular weight is 330 g/mol. The molecule has 0 amide bonds. The molecule has 0 aromatic carbocycles. The zero-order valence-corrected chi connectivity index (χ0v) is 13.2. The number of halogens is 1. The van der Waals surface area contributed by atoms with Gasteiger partial charge in [-0.1, -0.05) is 48.1 Å². The molecule has 0 unspecified atom stereocenters. The van der Waals surface area contributed by atoms with Crippen molar-refractivity contribution in [2.45, 2.75) is 6.92 Å². The number of allylic oxidation sites excluding steroid dienone is 6. The Kier molecular flexibility index (Phi) is 5.83. The third kappa shape index (κ3) is 4.90. The molecule has 2 aromatic heterocycles. The van der Waals surface area contributed by atoms with Crippen LogP contribution in [0.4, 0.5) is 0 Å². The van der Waals surface area contributed by atoms with Crippen LogP contribution in [0.15, 0.2) is 64.0 Å². The summed E-state index contributed by atoms with van der Waals surface area (Å²) in [6, 6.07) is 3.19. The molecule has 2 rings (SSSR count). The van der Waals surface area contributed by atoms with Gasteiger partial charge in [0, 0.05) is 12.3 Å². The second-order valence-corrected chi connectivity index (χ2v) is 5.08. The SMILES string of the molecule is Cc1c(O)cc(/C=C/C=C/C=C/C=C/c2[nH]ccc2Cl)oc1=O.